The summed E-state index contributed by atoms with van der Waals surface area (Å²) in [5.41, 5.74) is 0. The second-order valence-electron chi connectivity index (χ2n) is 5.59. The average molecular weight is 327 g/mol. The Labute approximate surface area is 130 Å². The van der Waals surface area contributed by atoms with E-state index in [0.717, 1.165) is 37.3 Å². The van der Waals surface area contributed by atoms with Crippen molar-refractivity contribution in [2.45, 2.75) is 36.9 Å². The van der Waals surface area contributed by atoms with Crippen LogP contribution in [0.1, 0.15) is 31.6 Å². The maximum absolute atomic E-state index is 12.8. The summed E-state index contributed by atoms with van der Waals surface area (Å²) >= 11 is 1.04. The number of hydrogen-bond donors (Lipinski definition) is 1. The van der Waals surface area contributed by atoms with Gasteiger partial charge in [-0.3, -0.25) is 0 Å². The Balaban J connectivity index is 2.21. The summed E-state index contributed by atoms with van der Waals surface area (Å²) in [4.78, 5) is 0.430. The van der Waals surface area contributed by atoms with E-state index in [1.807, 2.05) is 19.9 Å². The lowest BCUT2D eigenvalue weighted by atomic mass is 9.98. The molecule has 0 atom stereocenters. The summed E-state index contributed by atoms with van der Waals surface area (Å²) in [5, 5.41) is 12.2. The molecule has 0 bridgehead atoms. The van der Waals surface area contributed by atoms with Crippen molar-refractivity contribution < 1.29 is 8.42 Å². The minimum absolute atomic E-state index is 0.0856. The highest BCUT2D eigenvalue weighted by Gasteiger charge is 2.31. The molecule has 1 aromatic heterocycles. The topological polar surface area (TPSA) is 73.2 Å². The Hall–Kier alpha value is -0.940. The fourth-order valence-corrected chi connectivity index (χ4v) is 5.49. The first kappa shape index (κ1) is 16.4. The van der Waals surface area contributed by atoms with Crippen molar-refractivity contribution in [2.75, 3.05) is 19.6 Å². The Morgan fingerprint density at radius 1 is 1.43 bits per heavy atom. The average Bonchev–Trinajstić information content (AvgIpc) is 2.95. The predicted molar refractivity (Wildman–Crippen MR) is 83.7 cm³/mol. The second kappa shape index (κ2) is 6.88. The first-order chi connectivity index (χ1) is 9.95. The first-order valence-corrected chi connectivity index (χ1v) is 9.43. The number of sulfonamides is 1. The van der Waals surface area contributed by atoms with Crippen LogP contribution in [0.2, 0.25) is 0 Å². The van der Waals surface area contributed by atoms with Gasteiger partial charge >= 0.3 is 0 Å². The molecule has 2 heterocycles. The Morgan fingerprint density at radius 2 is 2.10 bits per heavy atom. The predicted octanol–water partition coefficient (Wildman–Crippen LogP) is 2.02. The maximum atomic E-state index is 12.8. The lowest BCUT2D eigenvalue weighted by Crippen LogP contribution is -2.42. The fourth-order valence-electron chi connectivity index (χ4n) is 2.54. The minimum atomic E-state index is -3.51. The van der Waals surface area contributed by atoms with E-state index in [1.165, 1.54) is 6.07 Å². The molecular weight excluding hydrogens is 306 g/mol. The number of piperidine rings is 1. The molecule has 0 aromatic carbocycles. The number of nitrogens with zero attached hydrogens (tertiary/aromatic N) is 2. The summed E-state index contributed by atoms with van der Waals surface area (Å²) in [5.74, 6) is 0.402. The van der Waals surface area contributed by atoms with E-state index in [2.05, 4.69) is 5.32 Å². The molecule has 0 spiro atoms. The van der Waals surface area contributed by atoms with Gasteiger partial charge in [-0.1, -0.05) is 0 Å². The summed E-state index contributed by atoms with van der Waals surface area (Å²) in [7, 11) is -3.51. The molecule has 1 saturated heterocycles. The van der Waals surface area contributed by atoms with Gasteiger partial charge in [0.15, 0.2) is 0 Å². The minimum Gasteiger partial charge on any atom is -0.317 e. The zero-order chi connectivity index (χ0) is 15.5. The zero-order valence-corrected chi connectivity index (χ0v) is 14.0. The molecule has 1 aromatic rings. The molecule has 0 aliphatic carbocycles. The van der Waals surface area contributed by atoms with Crippen LogP contribution in [-0.2, 0) is 10.0 Å². The van der Waals surface area contributed by atoms with Gasteiger partial charge in [0.25, 0.3) is 10.0 Å². The van der Waals surface area contributed by atoms with E-state index in [0.29, 0.717) is 17.3 Å². The van der Waals surface area contributed by atoms with Gasteiger partial charge in [-0.2, -0.15) is 9.57 Å². The lowest BCUT2D eigenvalue weighted by molar-refractivity contribution is 0.261. The van der Waals surface area contributed by atoms with Crippen molar-refractivity contribution in [3.05, 3.63) is 17.0 Å². The van der Waals surface area contributed by atoms with E-state index in [9.17, 15) is 8.42 Å². The summed E-state index contributed by atoms with van der Waals surface area (Å²) < 4.78 is 27.4. The Morgan fingerprint density at radius 3 is 2.62 bits per heavy atom. The highest BCUT2D eigenvalue weighted by molar-refractivity contribution is 7.91. The van der Waals surface area contributed by atoms with Crippen molar-refractivity contribution in [3.63, 3.8) is 0 Å². The van der Waals surface area contributed by atoms with E-state index in [-0.39, 0.29) is 10.3 Å². The van der Waals surface area contributed by atoms with Crippen LogP contribution in [0.15, 0.2) is 16.3 Å². The van der Waals surface area contributed by atoms with Crippen molar-refractivity contribution in [3.8, 4) is 6.07 Å². The number of nitrogens with one attached hydrogen (secondary N) is 1. The van der Waals surface area contributed by atoms with Crippen LogP contribution >= 0.6 is 11.3 Å². The van der Waals surface area contributed by atoms with Crippen molar-refractivity contribution >= 4 is 21.4 Å². The van der Waals surface area contributed by atoms with Gasteiger partial charge < -0.3 is 5.32 Å². The van der Waals surface area contributed by atoms with Gasteiger partial charge in [0.1, 0.15) is 15.2 Å². The lowest BCUT2D eigenvalue weighted by Gasteiger charge is -2.31. The van der Waals surface area contributed by atoms with E-state index in [4.69, 9.17) is 5.26 Å². The highest BCUT2D eigenvalue weighted by atomic mass is 32.2. The smallest absolute Gasteiger partial charge is 0.252 e. The monoisotopic (exact) mass is 327 g/mol. The number of thiophene rings is 1. The number of nitriles is 1. The van der Waals surface area contributed by atoms with E-state index < -0.39 is 10.0 Å². The molecule has 0 unspecified atom stereocenters. The molecule has 1 aliphatic rings. The molecule has 0 radical (unpaired) electrons. The quantitative estimate of drug-likeness (QED) is 0.898. The van der Waals surface area contributed by atoms with Crippen LogP contribution in [0.25, 0.3) is 0 Å². The third-order valence-electron chi connectivity index (χ3n) is 3.73. The molecule has 21 heavy (non-hydrogen) atoms. The number of rotatable bonds is 5. The molecule has 116 valence electrons. The van der Waals surface area contributed by atoms with Crippen LogP contribution in [-0.4, -0.2) is 38.4 Å². The molecule has 0 saturated carbocycles. The molecular formula is C14H21N3O2S2. The van der Waals surface area contributed by atoms with Crippen LogP contribution < -0.4 is 5.32 Å². The standard InChI is InChI=1S/C14H21N3O2S2/c1-11(2)17(10-12-5-7-16-8-6-12)21(18,19)14-4-3-13(9-15)20-14/h3-4,11-12,16H,5-8,10H2,1-2H3. The molecule has 0 amide bonds. The SMILES string of the molecule is CC(C)N(CC1CCNCC1)S(=O)(=O)c1ccc(C#N)s1. The summed E-state index contributed by atoms with van der Waals surface area (Å²) in [6, 6.07) is 5.02. The first-order valence-electron chi connectivity index (χ1n) is 7.17. The molecule has 2 rings (SSSR count). The third-order valence-corrected chi connectivity index (χ3v) is 7.23. The molecule has 1 fully saturated rings. The van der Waals surface area contributed by atoms with E-state index >= 15 is 0 Å². The molecule has 1 aliphatic heterocycles. The Kier molecular flexibility index (Phi) is 5.38. The summed E-state index contributed by atoms with van der Waals surface area (Å²) in [6.45, 7) is 6.26. The normalized spacial score (nSPS) is 17.3. The van der Waals surface area contributed by atoms with Crippen LogP contribution in [0.4, 0.5) is 0 Å². The van der Waals surface area contributed by atoms with Gasteiger partial charge in [0.2, 0.25) is 0 Å². The largest absolute Gasteiger partial charge is 0.317 e. The van der Waals surface area contributed by atoms with Crippen LogP contribution in [0.5, 0.6) is 0 Å². The summed E-state index contributed by atoms with van der Waals surface area (Å²) in [6.07, 6.45) is 2.01. The van der Waals surface area contributed by atoms with Crippen LogP contribution in [0, 0.1) is 17.2 Å². The van der Waals surface area contributed by atoms with Gasteiger partial charge in [-0.05, 0) is 57.8 Å². The highest BCUT2D eigenvalue weighted by Crippen LogP contribution is 2.27. The zero-order valence-electron chi connectivity index (χ0n) is 12.4. The van der Waals surface area contributed by atoms with Crippen molar-refractivity contribution in [1.29, 1.82) is 5.26 Å². The second-order valence-corrected chi connectivity index (χ2v) is 8.79. The molecule has 1 N–H and O–H groups in total. The third kappa shape index (κ3) is 3.83. The molecule has 7 heteroatoms. The van der Waals surface area contributed by atoms with Gasteiger partial charge in [-0.15, -0.1) is 11.3 Å². The van der Waals surface area contributed by atoms with Gasteiger partial charge in [0, 0.05) is 12.6 Å². The van der Waals surface area contributed by atoms with Gasteiger partial charge in [0.05, 0.1) is 0 Å². The Bertz CT molecular complexity index is 610. The van der Waals surface area contributed by atoms with Crippen molar-refractivity contribution in [1.82, 2.24) is 9.62 Å². The fraction of sp³-hybridized carbons (Fsp3) is 0.643. The van der Waals surface area contributed by atoms with Gasteiger partial charge in [-0.25, -0.2) is 8.42 Å². The van der Waals surface area contributed by atoms with Crippen LogP contribution in [0.3, 0.4) is 0 Å². The van der Waals surface area contributed by atoms with Crippen molar-refractivity contribution in [2.24, 2.45) is 5.92 Å². The maximum Gasteiger partial charge on any atom is 0.252 e. The molecule has 5 nitrogen and oxygen atoms in total. The number of hydrogen-bond acceptors (Lipinski definition) is 5. The van der Waals surface area contributed by atoms with E-state index in [1.54, 1.807) is 10.4 Å².